The van der Waals surface area contributed by atoms with Gasteiger partial charge in [0.25, 0.3) is 5.30 Å². The van der Waals surface area contributed by atoms with Crippen molar-refractivity contribution in [3.63, 3.8) is 0 Å². The maximum Gasteiger partial charge on any atom is 0.464 e. The summed E-state index contributed by atoms with van der Waals surface area (Å²) in [6.07, 6.45) is 0. The van der Waals surface area contributed by atoms with Crippen molar-refractivity contribution in [2.45, 2.75) is 0 Å². The number of benzene rings is 3. The van der Waals surface area contributed by atoms with Gasteiger partial charge in [0.15, 0.2) is 17.1 Å². The summed E-state index contributed by atoms with van der Waals surface area (Å²) in [5.74, 6) is 0.0397. The molecule has 0 aromatic heterocycles. The van der Waals surface area contributed by atoms with E-state index >= 15 is 0 Å². The van der Waals surface area contributed by atoms with Gasteiger partial charge in [0.1, 0.15) is 17.2 Å². The molecule has 0 aliphatic carbocycles. The van der Waals surface area contributed by atoms with Crippen molar-refractivity contribution in [1.82, 2.24) is 0 Å². The van der Waals surface area contributed by atoms with Gasteiger partial charge in [-0.05, 0) is 6.07 Å². The van der Waals surface area contributed by atoms with Gasteiger partial charge in [-0.1, -0.05) is 58.1 Å². The third-order valence-corrected chi connectivity index (χ3v) is 7.20. The first-order valence-electron chi connectivity index (χ1n) is 9.76. The van der Waals surface area contributed by atoms with Crippen molar-refractivity contribution in [2.24, 2.45) is 0 Å². The molecule has 0 heterocycles. The van der Waals surface area contributed by atoms with Crippen LogP contribution in [0.25, 0.3) is 0 Å². The van der Waals surface area contributed by atoms with Crippen molar-refractivity contribution >= 4 is 47.6 Å². The number of carbonyl (C=O) groups is 2. The fraction of sp³-hybridized carbons (Fsp3) is 0.167. The molecule has 0 fully saturated rings. The number of rotatable bonds is 9. The third-order valence-electron chi connectivity index (χ3n) is 4.95. The fourth-order valence-electron chi connectivity index (χ4n) is 3.30. The number of carbonyl (C=O) groups excluding carboxylic acids is 2. The molecule has 0 saturated heterocycles. The Hall–Kier alpha value is -3.12. The highest BCUT2D eigenvalue weighted by Gasteiger charge is 2.43. The van der Waals surface area contributed by atoms with E-state index in [9.17, 15) is 14.2 Å². The van der Waals surface area contributed by atoms with E-state index in [4.69, 9.17) is 42.1 Å². The molecule has 176 valence electrons. The molecule has 3 rings (SSSR count). The highest BCUT2D eigenvalue weighted by Crippen LogP contribution is 2.44. The Morgan fingerprint density at radius 2 is 1.41 bits per heavy atom. The summed E-state index contributed by atoms with van der Waals surface area (Å²) in [6, 6.07) is 12.6. The summed E-state index contributed by atoms with van der Waals surface area (Å²) in [6.45, 7) is 0. The zero-order valence-corrected chi connectivity index (χ0v) is 21.1. The van der Waals surface area contributed by atoms with Gasteiger partial charge in [-0.2, -0.15) is 0 Å². The maximum atomic E-state index is 13.5. The molecule has 0 saturated carbocycles. The molecule has 10 heteroatoms. The minimum atomic E-state index is -2.86. The van der Waals surface area contributed by atoms with E-state index in [2.05, 4.69) is 0 Å². The standard InChI is InChI=1S/C24H20Cl2O7P/c1-30-14-10-17(31-2)19(18(11-14)32-3)24(28)34(29)23-16(25)12-15(20(26)22(23)33-4)21(27)13-8-6-5-7-9-13/h5-12H,1-4H3/q+1. The monoisotopic (exact) mass is 521 g/mol. The van der Waals surface area contributed by atoms with Crippen LogP contribution in [0.5, 0.6) is 23.0 Å². The van der Waals surface area contributed by atoms with Crippen molar-refractivity contribution in [3.05, 3.63) is 75.3 Å². The number of halogens is 2. The average Bonchev–Trinajstić information content (AvgIpc) is 2.87. The molecule has 0 aliphatic heterocycles. The number of ketones is 1. The largest absolute Gasteiger partial charge is 0.496 e. The topological polar surface area (TPSA) is 88.1 Å². The van der Waals surface area contributed by atoms with Crippen LogP contribution in [0, 0.1) is 0 Å². The molecule has 3 aromatic rings. The molecule has 3 aromatic carbocycles. The van der Waals surface area contributed by atoms with E-state index in [0.29, 0.717) is 11.3 Å². The van der Waals surface area contributed by atoms with Gasteiger partial charge in [-0.15, -0.1) is 0 Å². The Bertz CT molecular complexity index is 1250. The van der Waals surface area contributed by atoms with Crippen LogP contribution in [-0.2, 0) is 4.57 Å². The predicted octanol–water partition coefficient (Wildman–Crippen LogP) is 5.55. The number of methoxy groups -OCH3 is 4. The van der Waals surface area contributed by atoms with Gasteiger partial charge in [0.05, 0.1) is 38.5 Å². The molecule has 1 unspecified atom stereocenters. The second-order valence-corrected chi connectivity index (χ2v) is 9.03. The lowest BCUT2D eigenvalue weighted by Gasteiger charge is -2.12. The molecule has 34 heavy (non-hydrogen) atoms. The second kappa shape index (κ2) is 10.9. The van der Waals surface area contributed by atoms with Crippen LogP contribution < -0.4 is 24.3 Å². The SMILES string of the molecule is COc1cc(OC)c(C(=O)[P+](=O)c2c(Cl)cc(C(=O)c3ccccc3)c(Cl)c2OC)c(OC)c1. The van der Waals surface area contributed by atoms with Crippen LogP contribution in [-0.4, -0.2) is 39.7 Å². The molecule has 0 bridgehead atoms. The van der Waals surface area contributed by atoms with Gasteiger partial charge in [0.2, 0.25) is 0 Å². The van der Waals surface area contributed by atoms with Gasteiger partial charge < -0.3 is 18.9 Å². The highest BCUT2D eigenvalue weighted by atomic mass is 35.5. The highest BCUT2D eigenvalue weighted by molar-refractivity contribution is 7.72. The molecule has 0 radical (unpaired) electrons. The predicted molar refractivity (Wildman–Crippen MR) is 131 cm³/mol. The lowest BCUT2D eigenvalue weighted by atomic mass is 10.0. The third kappa shape index (κ3) is 4.73. The van der Waals surface area contributed by atoms with Crippen LogP contribution in [0.1, 0.15) is 26.3 Å². The van der Waals surface area contributed by atoms with E-state index in [-0.39, 0.29) is 43.7 Å². The molecule has 7 nitrogen and oxygen atoms in total. The molecule has 0 aliphatic rings. The summed E-state index contributed by atoms with van der Waals surface area (Å²) < 4.78 is 34.6. The van der Waals surface area contributed by atoms with Crippen molar-refractivity contribution in [3.8, 4) is 23.0 Å². The number of hydrogen-bond acceptors (Lipinski definition) is 7. The van der Waals surface area contributed by atoms with Crippen LogP contribution >= 0.6 is 31.0 Å². The molecular formula is C24H20Cl2O7P+. The Balaban J connectivity index is 2.14. The van der Waals surface area contributed by atoms with Gasteiger partial charge in [-0.25, -0.2) is 4.79 Å². The lowest BCUT2D eigenvalue weighted by molar-refractivity contribution is 0.103. The first kappa shape index (κ1) is 25.5. The van der Waals surface area contributed by atoms with E-state index in [1.807, 2.05) is 0 Å². The minimum absolute atomic E-state index is 0.0499. The van der Waals surface area contributed by atoms with Crippen molar-refractivity contribution < 1.29 is 33.1 Å². The molecule has 0 N–H and O–H groups in total. The quantitative estimate of drug-likeness (QED) is 0.269. The zero-order valence-electron chi connectivity index (χ0n) is 18.7. The average molecular weight is 522 g/mol. The maximum absolute atomic E-state index is 13.5. The molecule has 1 atom stereocenters. The van der Waals surface area contributed by atoms with Gasteiger partial charge in [-0.3, -0.25) is 4.79 Å². The zero-order chi connectivity index (χ0) is 25.0. The van der Waals surface area contributed by atoms with E-state index < -0.39 is 19.1 Å². The first-order chi connectivity index (χ1) is 16.3. The van der Waals surface area contributed by atoms with Gasteiger partial charge in [0, 0.05) is 23.3 Å². The fourth-order valence-corrected chi connectivity index (χ4v) is 5.37. The normalized spacial score (nSPS) is 10.9. The summed E-state index contributed by atoms with van der Waals surface area (Å²) >= 11 is 12.9. The number of ether oxygens (including phenoxy) is 4. The van der Waals surface area contributed by atoms with Crippen LogP contribution in [0.4, 0.5) is 0 Å². The molecular weight excluding hydrogens is 502 g/mol. The van der Waals surface area contributed by atoms with Crippen LogP contribution in [0.3, 0.4) is 0 Å². The minimum Gasteiger partial charge on any atom is -0.496 e. The van der Waals surface area contributed by atoms with E-state index in [1.54, 1.807) is 30.3 Å². The Morgan fingerprint density at radius 3 is 1.91 bits per heavy atom. The summed E-state index contributed by atoms with van der Waals surface area (Å²) in [5.41, 5.74) is -0.465. The van der Waals surface area contributed by atoms with Crippen molar-refractivity contribution in [1.29, 1.82) is 0 Å². The van der Waals surface area contributed by atoms with Crippen LogP contribution in [0.2, 0.25) is 10.0 Å². The number of hydrogen-bond donors (Lipinski definition) is 0. The van der Waals surface area contributed by atoms with Crippen LogP contribution in [0.15, 0.2) is 48.5 Å². The summed E-state index contributed by atoms with van der Waals surface area (Å²) in [4.78, 5) is 26.3. The van der Waals surface area contributed by atoms with Crippen molar-refractivity contribution in [2.75, 3.05) is 28.4 Å². The smallest absolute Gasteiger partial charge is 0.464 e. The molecule has 0 amide bonds. The Labute approximate surface area is 207 Å². The Morgan fingerprint density at radius 1 is 0.824 bits per heavy atom. The first-order valence-corrected chi connectivity index (χ1v) is 11.8. The molecule has 0 spiro atoms. The summed E-state index contributed by atoms with van der Waals surface area (Å²) in [5, 5.41) is -0.360. The van der Waals surface area contributed by atoms with E-state index in [1.165, 1.54) is 46.6 Å². The Kier molecular flexibility index (Phi) is 8.15. The lowest BCUT2D eigenvalue weighted by Crippen LogP contribution is -2.14. The second-order valence-electron chi connectivity index (χ2n) is 6.80. The van der Waals surface area contributed by atoms with E-state index in [0.717, 1.165) is 0 Å². The van der Waals surface area contributed by atoms with Gasteiger partial charge >= 0.3 is 13.3 Å². The summed E-state index contributed by atoms with van der Waals surface area (Å²) in [7, 11) is 2.57.